The molecule has 2 rings (SSSR count). The highest BCUT2D eigenvalue weighted by Gasteiger charge is 2.30. The van der Waals surface area contributed by atoms with Gasteiger partial charge in [-0.3, -0.25) is 19.2 Å². The molecule has 4 amide bonds. The van der Waals surface area contributed by atoms with Crippen molar-refractivity contribution in [3.8, 4) is 5.75 Å². The summed E-state index contributed by atoms with van der Waals surface area (Å²) >= 11 is 0. The molecule has 3 unspecified atom stereocenters. The summed E-state index contributed by atoms with van der Waals surface area (Å²) < 4.78 is 11.0. The summed E-state index contributed by atoms with van der Waals surface area (Å²) in [6.45, 7) is 0.663. The molecule has 1 heterocycles. The molecule has 5 atom stereocenters. The molecule has 0 radical (unpaired) electrons. The molecule has 0 aliphatic heterocycles. The number of aliphatic hydroxyl groups is 1. The topological polar surface area (TPSA) is 360 Å². The quantitative estimate of drug-likeness (QED) is 0.0500. The van der Waals surface area contributed by atoms with E-state index in [0.29, 0.717) is 24.3 Å². The third-order valence-corrected chi connectivity index (χ3v) is 8.20. The van der Waals surface area contributed by atoms with Crippen molar-refractivity contribution < 1.29 is 82.9 Å². The van der Waals surface area contributed by atoms with Crippen LogP contribution >= 0.6 is 0 Å². The molecule has 0 aliphatic carbocycles. The van der Waals surface area contributed by atoms with Crippen molar-refractivity contribution >= 4 is 54.0 Å². The van der Waals surface area contributed by atoms with Gasteiger partial charge in [0.2, 0.25) is 24.1 Å². The van der Waals surface area contributed by atoms with E-state index >= 15 is 0 Å². The minimum Gasteiger partial charge on any atom is -0.550 e. The van der Waals surface area contributed by atoms with Gasteiger partial charge in [-0.25, -0.2) is 0 Å². The van der Waals surface area contributed by atoms with E-state index in [1.165, 1.54) is 6.26 Å². The maximum absolute atomic E-state index is 12.4. The van der Waals surface area contributed by atoms with Gasteiger partial charge in [0.15, 0.2) is 0 Å². The van der Waals surface area contributed by atoms with Crippen molar-refractivity contribution in [3.63, 3.8) is 0 Å². The molecule has 5 N–H and O–H groups in total. The number of furan rings is 1. The first-order valence-electron chi connectivity index (χ1n) is 17.0. The highest BCUT2D eigenvalue weighted by Crippen LogP contribution is 2.23. The highest BCUT2D eigenvalue weighted by atomic mass is 16.5. The molecule has 0 fully saturated rings. The Bertz CT molecular complexity index is 1690. The van der Waals surface area contributed by atoms with Crippen molar-refractivity contribution in [1.29, 1.82) is 0 Å². The van der Waals surface area contributed by atoms with Gasteiger partial charge in [0.05, 0.1) is 36.8 Å². The van der Waals surface area contributed by atoms with Crippen LogP contribution in [-0.4, -0.2) is 83.8 Å². The molecular formula is C35H39N4O17-5. The van der Waals surface area contributed by atoms with Gasteiger partial charge >= 0.3 is 0 Å². The Hall–Kier alpha value is -6.51. The number of rotatable bonds is 28. The maximum atomic E-state index is 12.4. The SMILES string of the molecule is O=CNCc1cc(COc2ccc(CCNC(=O)CC[C@H](NC(=O)CC[C@H](NC(=O)C(O)CC(C(=O)[O-])C(CCC(=O)[O-])C(=O)[O-])C(=O)[O-])C(=O)[O-])cc2)co1. The molecule has 2 aromatic rings. The van der Waals surface area contributed by atoms with Crippen LogP contribution in [0.1, 0.15) is 61.8 Å². The van der Waals surface area contributed by atoms with Gasteiger partial charge in [0, 0.05) is 54.7 Å². The molecular weight excluding hydrogens is 748 g/mol. The van der Waals surface area contributed by atoms with Crippen molar-refractivity contribution in [1.82, 2.24) is 21.3 Å². The molecule has 0 bridgehead atoms. The van der Waals surface area contributed by atoms with Gasteiger partial charge in [0.25, 0.3) is 0 Å². The van der Waals surface area contributed by atoms with Crippen LogP contribution in [0.2, 0.25) is 0 Å². The predicted octanol–water partition coefficient (Wildman–Crippen LogP) is -7.19. The number of ether oxygens (including phenoxy) is 1. The third kappa shape index (κ3) is 16.7. The average molecular weight is 788 g/mol. The maximum Gasteiger partial charge on any atom is 0.249 e. The number of carboxylic acid groups (broad SMARTS) is 5. The number of benzene rings is 1. The van der Waals surface area contributed by atoms with E-state index in [2.05, 4.69) is 16.0 Å². The first-order valence-corrected chi connectivity index (χ1v) is 17.0. The third-order valence-electron chi connectivity index (χ3n) is 8.20. The zero-order valence-electron chi connectivity index (χ0n) is 29.7. The molecule has 56 heavy (non-hydrogen) atoms. The zero-order valence-corrected chi connectivity index (χ0v) is 29.7. The number of carboxylic acids is 5. The van der Waals surface area contributed by atoms with E-state index in [1.54, 1.807) is 35.6 Å². The minimum atomic E-state index is -2.35. The van der Waals surface area contributed by atoms with Crippen LogP contribution in [0.25, 0.3) is 0 Å². The molecule has 0 saturated carbocycles. The number of aliphatic hydroxyl groups excluding tert-OH is 1. The lowest BCUT2D eigenvalue weighted by Crippen LogP contribution is -2.53. The van der Waals surface area contributed by atoms with Crippen LogP contribution < -0.4 is 51.5 Å². The van der Waals surface area contributed by atoms with E-state index in [4.69, 9.17) is 9.15 Å². The van der Waals surface area contributed by atoms with Crippen LogP contribution in [0, 0.1) is 11.8 Å². The molecule has 1 aromatic heterocycles. The van der Waals surface area contributed by atoms with Crippen LogP contribution in [0.15, 0.2) is 41.0 Å². The minimum absolute atomic E-state index is 0.187. The molecule has 21 heteroatoms. The monoisotopic (exact) mass is 787 g/mol. The highest BCUT2D eigenvalue weighted by molar-refractivity contribution is 5.88. The summed E-state index contributed by atoms with van der Waals surface area (Å²) in [4.78, 5) is 104. The summed E-state index contributed by atoms with van der Waals surface area (Å²) in [6.07, 6.45) is -4.92. The standard InChI is InChI=1S/C35H44N4O17/c40-18-36-15-22-13-20(17-56-22)16-55-21-3-1-19(2-4-21)11-12-37-28(42)8-6-25(34(51)52)38-29(43)9-7-26(35(53)54)39-31(46)27(41)14-24(33(49)50)23(32(47)48)5-10-30(44)45/h1-4,13,17-18,23-27,41H,5-12,14-16H2,(H,36,40)(H,37,42)(H,38,43)(H,39,46)(H,44,45)(H,47,48)(H,49,50)(H,51,52)(H,53,54)/p-5/t23?,24?,25-,26-,27?/m0/s1. The van der Waals surface area contributed by atoms with Crippen molar-refractivity contribution in [3.05, 3.63) is 53.5 Å². The number of hydrogen-bond acceptors (Lipinski definition) is 17. The number of aliphatic carboxylic acids is 5. The second-order valence-corrected chi connectivity index (χ2v) is 12.4. The molecule has 306 valence electrons. The summed E-state index contributed by atoms with van der Waals surface area (Å²) in [7, 11) is 0. The largest absolute Gasteiger partial charge is 0.550 e. The van der Waals surface area contributed by atoms with E-state index in [0.717, 1.165) is 11.1 Å². The molecule has 0 aliphatic rings. The second-order valence-electron chi connectivity index (χ2n) is 12.4. The Morgan fingerprint density at radius 2 is 1.36 bits per heavy atom. The Balaban J connectivity index is 1.79. The average Bonchev–Trinajstić information content (AvgIpc) is 3.60. The van der Waals surface area contributed by atoms with E-state index < -0.39 is 116 Å². The number of amides is 4. The Labute approximate surface area is 318 Å². The first kappa shape index (κ1) is 45.6. The molecule has 0 saturated heterocycles. The van der Waals surface area contributed by atoms with Gasteiger partial charge in [-0.05, 0) is 62.3 Å². The lowest BCUT2D eigenvalue weighted by Gasteiger charge is -2.31. The van der Waals surface area contributed by atoms with Gasteiger partial charge < -0.3 is 85.0 Å². The summed E-state index contributed by atoms with van der Waals surface area (Å²) in [5.74, 6) is -15.6. The fourth-order valence-electron chi connectivity index (χ4n) is 5.20. The van der Waals surface area contributed by atoms with E-state index in [-0.39, 0.29) is 26.1 Å². The number of carbonyl (C=O) groups is 9. The summed E-state index contributed by atoms with van der Waals surface area (Å²) in [5, 5.41) is 75.9. The number of hydrogen-bond donors (Lipinski definition) is 5. The van der Waals surface area contributed by atoms with Crippen LogP contribution in [0.3, 0.4) is 0 Å². The lowest BCUT2D eigenvalue weighted by atomic mass is 9.84. The Kier molecular flexibility index (Phi) is 19.0. The van der Waals surface area contributed by atoms with E-state index in [1.807, 2.05) is 0 Å². The second kappa shape index (κ2) is 23.3. The fraction of sp³-hybridized carbons (Fsp3) is 0.457. The summed E-state index contributed by atoms with van der Waals surface area (Å²) in [5.41, 5.74) is 1.61. The molecule has 1 aromatic carbocycles. The van der Waals surface area contributed by atoms with Gasteiger partial charge in [-0.15, -0.1) is 0 Å². The molecule has 0 spiro atoms. The number of nitrogens with one attached hydrogen (secondary N) is 4. The van der Waals surface area contributed by atoms with Crippen molar-refractivity contribution in [2.75, 3.05) is 6.54 Å². The Morgan fingerprint density at radius 1 is 0.750 bits per heavy atom. The normalized spacial score (nSPS) is 13.4. The van der Waals surface area contributed by atoms with Crippen LogP contribution in [0.5, 0.6) is 5.75 Å². The summed E-state index contributed by atoms with van der Waals surface area (Å²) in [6, 6.07) is 5.10. The number of carbonyl (C=O) groups excluding carboxylic acids is 9. The van der Waals surface area contributed by atoms with Gasteiger partial charge in [-0.1, -0.05) is 12.1 Å². The van der Waals surface area contributed by atoms with Gasteiger partial charge in [-0.2, -0.15) is 0 Å². The smallest absolute Gasteiger partial charge is 0.249 e. The van der Waals surface area contributed by atoms with Crippen LogP contribution in [0.4, 0.5) is 0 Å². The fourth-order valence-corrected chi connectivity index (χ4v) is 5.20. The molecule has 21 nitrogen and oxygen atoms in total. The predicted molar refractivity (Wildman–Crippen MR) is 173 cm³/mol. The van der Waals surface area contributed by atoms with Crippen LogP contribution in [-0.2, 0) is 62.7 Å². The Morgan fingerprint density at radius 3 is 1.93 bits per heavy atom. The van der Waals surface area contributed by atoms with Gasteiger partial charge in [0.1, 0.15) is 24.2 Å². The zero-order chi connectivity index (χ0) is 41.8. The van der Waals surface area contributed by atoms with Crippen molar-refractivity contribution in [2.24, 2.45) is 11.8 Å². The van der Waals surface area contributed by atoms with Crippen molar-refractivity contribution in [2.45, 2.75) is 82.7 Å². The van der Waals surface area contributed by atoms with E-state index in [9.17, 15) is 73.8 Å². The lowest BCUT2D eigenvalue weighted by molar-refractivity contribution is -0.328. The first-order chi connectivity index (χ1) is 26.5.